The second-order valence-corrected chi connectivity index (χ2v) is 8.76. The monoisotopic (exact) mass is 558 g/mol. The van der Waals surface area contributed by atoms with Gasteiger partial charge in [-0.2, -0.15) is 0 Å². The third kappa shape index (κ3) is 5.44. The topological polar surface area (TPSA) is 47.6 Å². The minimum absolute atomic E-state index is 0.0269. The Morgan fingerprint density at radius 2 is 1.38 bits per heavy atom. The predicted molar refractivity (Wildman–Crippen MR) is 132 cm³/mol. The highest BCUT2D eigenvalue weighted by molar-refractivity contribution is 7.80. The van der Waals surface area contributed by atoms with E-state index >= 15 is 0 Å². The Labute approximate surface area is 217 Å². The van der Waals surface area contributed by atoms with Crippen LogP contribution in [0.5, 0.6) is 0 Å². The normalized spacial score (nSPS) is 13.5. The van der Waals surface area contributed by atoms with Crippen LogP contribution >= 0.6 is 23.8 Å². The maximum absolute atomic E-state index is 14.2. The number of amides is 1. The number of hydrogen-bond donors (Lipinski definition) is 2. The fourth-order valence-electron chi connectivity index (χ4n) is 3.86. The molecule has 13 heteroatoms. The highest BCUT2D eigenvalue weighted by Crippen LogP contribution is 2.33. The molecule has 0 aliphatic carbocycles. The third-order valence-electron chi connectivity index (χ3n) is 5.67. The van der Waals surface area contributed by atoms with E-state index in [1.54, 1.807) is 17.0 Å². The van der Waals surface area contributed by atoms with Gasteiger partial charge in [0.15, 0.2) is 28.4 Å². The summed E-state index contributed by atoms with van der Waals surface area (Å²) in [4.78, 5) is 15.1. The molecule has 0 spiro atoms. The Hall–Kier alpha value is -3.51. The van der Waals surface area contributed by atoms with Crippen molar-refractivity contribution in [3.8, 4) is 0 Å². The van der Waals surface area contributed by atoms with Crippen molar-refractivity contribution in [1.82, 2.24) is 5.32 Å². The van der Waals surface area contributed by atoms with E-state index in [1.807, 2.05) is 0 Å². The Morgan fingerprint density at radius 3 is 1.97 bits per heavy atom. The predicted octanol–water partition coefficient (Wildman–Crippen LogP) is 5.63. The molecule has 1 saturated heterocycles. The van der Waals surface area contributed by atoms with Crippen LogP contribution in [-0.4, -0.2) is 37.2 Å². The number of benzene rings is 3. The quantitative estimate of drug-likeness (QED) is 0.188. The average molecular weight is 559 g/mol. The maximum Gasteiger partial charge on any atom is 0.260 e. The molecule has 194 valence electrons. The molecule has 1 amide bonds. The van der Waals surface area contributed by atoms with Gasteiger partial charge in [-0.25, -0.2) is 26.3 Å². The van der Waals surface area contributed by atoms with E-state index in [9.17, 15) is 31.1 Å². The zero-order valence-corrected chi connectivity index (χ0v) is 20.3. The van der Waals surface area contributed by atoms with Crippen molar-refractivity contribution in [2.24, 2.45) is 0 Å². The first-order valence-electron chi connectivity index (χ1n) is 10.8. The number of nitrogens with one attached hydrogen (secondary N) is 2. The van der Waals surface area contributed by atoms with E-state index in [4.69, 9.17) is 23.8 Å². The van der Waals surface area contributed by atoms with Crippen molar-refractivity contribution in [3.63, 3.8) is 0 Å². The van der Waals surface area contributed by atoms with Crippen molar-refractivity contribution >= 4 is 51.9 Å². The fourth-order valence-corrected chi connectivity index (χ4v) is 4.37. The number of piperazine rings is 1. The van der Waals surface area contributed by atoms with Crippen LogP contribution in [0.3, 0.4) is 0 Å². The summed E-state index contributed by atoms with van der Waals surface area (Å²) in [6.45, 7) is 0.313. The molecule has 0 aromatic heterocycles. The van der Waals surface area contributed by atoms with E-state index in [-0.39, 0.29) is 41.9 Å². The van der Waals surface area contributed by atoms with Gasteiger partial charge in [-0.1, -0.05) is 23.7 Å². The van der Waals surface area contributed by atoms with Crippen LogP contribution in [0.2, 0.25) is 5.02 Å². The second-order valence-electron chi connectivity index (χ2n) is 7.95. The molecule has 5 nitrogen and oxygen atoms in total. The Bertz CT molecular complexity index is 1350. The van der Waals surface area contributed by atoms with Crippen molar-refractivity contribution in [2.75, 3.05) is 41.3 Å². The van der Waals surface area contributed by atoms with Gasteiger partial charge in [-0.05, 0) is 42.5 Å². The zero-order valence-electron chi connectivity index (χ0n) is 18.7. The highest BCUT2D eigenvalue weighted by Gasteiger charge is 2.31. The summed E-state index contributed by atoms with van der Waals surface area (Å²) in [6.07, 6.45) is 0. The molecular formula is C24H17ClF6N4OS. The van der Waals surface area contributed by atoms with Crippen LogP contribution in [0, 0.1) is 34.9 Å². The molecule has 2 N–H and O–H groups in total. The van der Waals surface area contributed by atoms with Crippen molar-refractivity contribution in [3.05, 3.63) is 88.0 Å². The van der Waals surface area contributed by atoms with Gasteiger partial charge < -0.3 is 15.1 Å². The van der Waals surface area contributed by atoms with Gasteiger partial charge in [0.1, 0.15) is 11.5 Å². The minimum atomic E-state index is -2.20. The van der Waals surface area contributed by atoms with Crippen LogP contribution in [0.25, 0.3) is 0 Å². The molecule has 4 rings (SSSR count). The number of anilines is 3. The molecular weight excluding hydrogens is 542 g/mol. The summed E-state index contributed by atoms with van der Waals surface area (Å²) in [5, 5.41) is 5.32. The molecule has 1 heterocycles. The van der Waals surface area contributed by atoms with Crippen molar-refractivity contribution in [1.29, 1.82) is 0 Å². The number of carbonyl (C=O) groups excluding carboxylic acids is 1. The zero-order chi connectivity index (χ0) is 26.9. The maximum atomic E-state index is 14.2. The lowest BCUT2D eigenvalue weighted by molar-refractivity contribution is 0.0974. The van der Waals surface area contributed by atoms with Gasteiger partial charge in [0.05, 0.1) is 16.3 Å². The Morgan fingerprint density at radius 1 is 0.811 bits per heavy atom. The smallest absolute Gasteiger partial charge is 0.260 e. The Kier molecular flexibility index (Phi) is 7.79. The summed E-state index contributed by atoms with van der Waals surface area (Å²) in [6, 6.07) is 10.2. The van der Waals surface area contributed by atoms with Crippen LogP contribution in [0.15, 0.2) is 42.5 Å². The molecule has 0 bridgehead atoms. The average Bonchev–Trinajstić information content (AvgIpc) is 2.87. The van der Waals surface area contributed by atoms with E-state index in [2.05, 4.69) is 10.6 Å². The molecule has 1 fully saturated rings. The number of carbonyl (C=O) groups is 1. The first-order valence-corrected chi connectivity index (χ1v) is 11.5. The summed E-state index contributed by atoms with van der Waals surface area (Å²) in [5.74, 6) is -11.4. The first kappa shape index (κ1) is 26.6. The van der Waals surface area contributed by atoms with E-state index in [0.29, 0.717) is 11.4 Å². The number of hydrogen-bond acceptors (Lipinski definition) is 4. The van der Waals surface area contributed by atoms with Crippen LogP contribution < -0.4 is 20.4 Å². The van der Waals surface area contributed by atoms with E-state index < -0.39 is 46.5 Å². The van der Waals surface area contributed by atoms with Gasteiger partial charge >= 0.3 is 0 Å². The van der Waals surface area contributed by atoms with Crippen molar-refractivity contribution < 1.29 is 31.1 Å². The lowest BCUT2D eigenvalue weighted by Crippen LogP contribution is -2.47. The molecule has 1 aliphatic heterocycles. The largest absolute Gasteiger partial charge is 0.367 e. The molecule has 0 atom stereocenters. The summed E-state index contributed by atoms with van der Waals surface area (Å²) in [7, 11) is 0. The molecule has 3 aromatic rings. The van der Waals surface area contributed by atoms with Gasteiger partial charge in [-0.15, -0.1) is 0 Å². The Balaban J connectivity index is 1.40. The lowest BCUT2D eigenvalue weighted by Gasteiger charge is -2.38. The van der Waals surface area contributed by atoms with Crippen LogP contribution in [0.1, 0.15) is 10.4 Å². The number of thiocarbonyl (C=S) groups is 1. The van der Waals surface area contributed by atoms with E-state index in [1.165, 1.54) is 24.3 Å². The summed E-state index contributed by atoms with van der Waals surface area (Å²) >= 11 is 11.5. The van der Waals surface area contributed by atoms with Crippen LogP contribution in [0.4, 0.5) is 43.4 Å². The molecule has 3 aromatic carbocycles. The van der Waals surface area contributed by atoms with Crippen molar-refractivity contribution in [2.45, 2.75) is 0 Å². The van der Waals surface area contributed by atoms with Gasteiger partial charge in [0.25, 0.3) is 5.91 Å². The number of rotatable bonds is 4. The second kappa shape index (κ2) is 10.9. The standard InChI is InChI=1S/C24H17ClF6N4OS/c25-14-11-12(32-24(37)33-23(36)13-3-1-2-4-15(13)26)5-6-16(14)34-7-9-35(10-8-34)22-20(30)18(28)17(27)19(29)21(22)31/h1-6,11H,7-10H2,(H2,32,33,36,37). The summed E-state index contributed by atoms with van der Waals surface area (Å²) < 4.78 is 82.6. The van der Waals surface area contributed by atoms with Gasteiger partial charge in [0, 0.05) is 31.9 Å². The number of nitrogens with zero attached hydrogens (tertiary/aromatic N) is 2. The van der Waals surface area contributed by atoms with Gasteiger partial charge in [0.2, 0.25) is 5.82 Å². The number of halogens is 7. The molecule has 1 aliphatic rings. The highest BCUT2D eigenvalue weighted by atomic mass is 35.5. The fraction of sp³-hybridized carbons (Fsp3) is 0.167. The van der Waals surface area contributed by atoms with E-state index in [0.717, 1.165) is 11.0 Å². The third-order valence-corrected chi connectivity index (χ3v) is 6.18. The molecule has 0 unspecified atom stereocenters. The summed E-state index contributed by atoms with van der Waals surface area (Å²) in [5.41, 5.74) is -0.157. The lowest BCUT2D eigenvalue weighted by atomic mass is 10.2. The molecule has 0 saturated carbocycles. The first-order chi connectivity index (χ1) is 17.6. The molecule has 37 heavy (non-hydrogen) atoms. The SMILES string of the molecule is O=C(NC(=S)Nc1ccc(N2CCN(c3c(F)c(F)c(F)c(F)c3F)CC2)c(Cl)c1)c1ccccc1F. The van der Waals surface area contributed by atoms with Gasteiger partial charge in [-0.3, -0.25) is 10.1 Å². The minimum Gasteiger partial charge on any atom is -0.367 e. The van der Waals surface area contributed by atoms with Crippen LogP contribution in [-0.2, 0) is 0 Å². The molecule has 0 radical (unpaired) electrons.